The first kappa shape index (κ1) is 18.6. The lowest BCUT2D eigenvalue weighted by molar-refractivity contribution is -0.201. The predicted octanol–water partition coefficient (Wildman–Crippen LogP) is 1.41. The Balaban J connectivity index is 1.90. The molecule has 1 aromatic heterocycles. The number of guanidine groups is 1. The Hall–Kier alpha value is -1.77. The summed E-state index contributed by atoms with van der Waals surface area (Å²) in [7, 11) is 1.48. The van der Waals surface area contributed by atoms with Crippen molar-refractivity contribution in [3.8, 4) is 0 Å². The first-order valence-corrected chi connectivity index (χ1v) is 7.99. The Morgan fingerprint density at radius 3 is 2.79 bits per heavy atom. The van der Waals surface area contributed by atoms with Gasteiger partial charge in [0.1, 0.15) is 0 Å². The zero-order chi connectivity index (χ0) is 17.9. The molecule has 9 heteroatoms. The first-order chi connectivity index (χ1) is 11.2. The summed E-state index contributed by atoms with van der Waals surface area (Å²) in [4.78, 5) is 3.92. The van der Waals surface area contributed by atoms with Crippen molar-refractivity contribution in [1.29, 1.82) is 0 Å². The van der Waals surface area contributed by atoms with Crippen LogP contribution >= 0.6 is 0 Å². The molecule has 2 atom stereocenters. The number of nitrogens with one attached hydrogen (secondary N) is 2. The molecule has 2 rings (SSSR count). The molecule has 1 heterocycles. The summed E-state index contributed by atoms with van der Waals surface area (Å²) in [6, 6.07) is 0.336. The van der Waals surface area contributed by atoms with Crippen molar-refractivity contribution < 1.29 is 18.3 Å². The van der Waals surface area contributed by atoms with Crippen molar-refractivity contribution in [1.82, 2.24) is 20.4 Å². The SMILES string of the molecule is CN=C(NCC(O)C(F)(F)F)NC1CCc2cn(C(C)C)nc2C1. The van der Waals surface area contributed by atoms with Crippen LogP contribution in [0.2, 0.25) is 0 Å². The number of aromatic nitrogens is 2. The Labute approximate surface area is 139 Å². The highest BCUT2D eigenvalue weighted by atomic mass is 19.4. The largest absolute Gasteiger partial charge is 0.416 e. The van der Waals surface area contributed by atoms with Crippen LogP contribution in [0.3, 0.4) is 0 Å². The number of halogens is 3. The molecular weight excluding hydrogens is 323 g/mol. The van der Waals surface area contributed by atoms with Crippen LogP contribution < -0.4 is 10.6 Å². The monoisotopic (exact) mass is 347 g/mol. The van der Waals surface area contributed by atoms with E-state index in [-0.39, 0.29) is 12.0 Å². The number of aryl methyl sites for hydroxylation is 1. The second-order valence-electron chi connectivity index (χ2n) is 6.27. The first-order valence-electron chi connectivity index (χ1n) is 7.99. The third-order valence-electron chi connectivity index (χ3n) is 4.03. The lowest BCUT2D eigenvalue weighted by atomic mass is 9.94. The number of hydrogen-bond donors (Lipinski definition) is 3. The van der Waals surface area contributed by atoms with Crippen LogP contribution in [0, 0.1) is 0 Å². The molecular formula is C15H24F3N5O. The Morgan fingerprint density at radius 1 is 1.50 bits per heavy atom. The molecule has 0 saturated carbocycles. The van der Waals surface area contributed by atoms with Gasteiger partial charge in [0.05, 0.1) is 12.2 Å². The van der Waals surface area contributed by atoms with Crippen LogP contribution in [0.15, 0.2) is 11.2 Å². The molecule has 0 amide bonds. The summed E-state index contributed by atoms with van der Waals surface area (Å²) >= 11 is 0. The highest BCUT2D eigenvalue weighted by molar-refractivity contribution is 5.80. The fourth-order valence-corrected chi connectivity index (χ4v) is 2.60. The molecule has 3 N–H and O–H groups in total. The Morgan fingerprint density at radius 2 is 2.21 bits per heavy atom. The number of rotatable bonds is 4. The smallest absolute Gasteiger partial charge is 0.382 e. The zero-order valence-corrected chi connectivity index (χ0v) is 14.1. The molecule has 0 fully saturated rings. The predicted molar refractivity (Wildman–Crippen MR) is 85.0 cm³/mol. The molecule has 6 nitrogen and oxygen atoms in total. The summed E-state index contributed by atoms with van der Waals surface area (Å²) in [6.07, 6.45) is -2.60. The van der Waals surface area contributed by atoms with Crippen LogP contribution in [0.5, 0.6) is 0 Å². The van der Waals surface area contributed by atoms with E-state index in [0.717, 1.165) is 18.5 Å². The van der Waals surface area contributed by atoms with E-state index < -0.39 is 18.8 Å². The van der Waals surface area contributed by atoms with Gasteiger partial charge in [0.2, 0.25) is 0 Å². The van der Waals surface area contributed by atoms with E-state index in [0.29, 0.717) is 12.5 Å². The van der Waals surface area contributed by atoms with Gasteiger partial charge in [0.25, 0.3) is 0 Å². The lowest BCUT2D eigenvalue weighted by Gasteiger charge is -2.25. The van der Waals surface area contributed by atoms with Crippen LogP contribution in [0.1, 0.15) is 37.6 Å². The topological polar surface area (TPSA) is 74.5 Å². The average Bonchev–Trinajstić information content (AvgIpc) is 2.93. The van der Waals surface area contributed by atoms with Gasteiger partial charge in [0, 0.05) is 31.7 Å². The maximum Gasteiger partial charge on any atom is 0.416 e. The second kappa shape index (κ2) is 7.42. The Kier molecular flexibility index (Phi) is 5.74. The molecule has 1 aliphatic rings. The van der Waals surface area contributed by atoms with Gasteiger partial charge in [-0.05, 0) is 32.3 Å². The number of aliphatic hydroxyl groups is 1. The normalized spacial score (nSPS) is 20.0. The molecule has 136 valence electrons. The van der Waals surface area contributed by atoms with E-state index in [1.165, 1.54) is 12.6 Å². The summed E-state index contributed by atoms with van der Waals surface area (Å²) in [6.45, 7) is 3.49. The van der Waals surface area contributed by atoms with E-state index in [1.807, 2.05) is 4.68 Å². The minimum atomic E-state index is -4.64. The van der Waals surface area contributed by atoms with Crippen LogP contribution in [0.4, 0.5) is 13.2 Å². The van der Waals surface area contributed by atoms with E-state index in [9.17, 15) is 13.2 Å². The third-order valence-corrected chi connectivity index (χ3v) is 4.03. The highest BCUT2D eigenvalue weighted by Gasteiger charge is 2.38. The fourth-order valence-electron chi connectivity index (χ4n) is 2.60. The van der Waals surface area contributed by atoms with E-state index in [4.69, 9.17) is 5.11 Å². The second-order valence-corrected chi connectivity index (χ2v) is 6.27. The van der Waals surface area contributed by atoms with Crippen molar-refractivity contribution >= 4 is 5.96 Å². The number of aliphatic imine (C=N–C) groups is 1. The van der Waals surface area contributed by atoms with Crippen molar-refractivity contribution in [2.45, 2.75) is 57.5 Å². The summed E-state index contributed by atoms with van der Waals surface area (Å²) in [5.74, 6) is 0.245. The minimum absolute atomic E-state index is 0.0437. The molecule has 2 unspecified atom stereocenters. The summed E-state index contributed by atoms with van der Waals surface area (Å²) in [5.41, 5.74) is 2.23. The number of hydrogen-bond acceptors (Lipinski definition) is 3. The number of alkyl halides is 3. The highest BCUT2D eigenvalue weighted by Crippen LogP contribution is 2.22. The van der Waals surface area contributed by atoms with Crippen molar-refractivity contribution in [3.05, 3.63) is 17.5 Å². The van der Waals surface area contributed by atoms with Gasteiger partial charge in [-0.3, -0.25) is 9.67 Å². The number of nitrogens with zero attached hydrogens (tertiary/aromatic N) is 3. The number of aliphatic hydroxyl groups excluding tert-OH is 1. The molecule has 0 aromatic carbocycles. The van der Waals surface area contributed by atoms with E-state index in [2.05, 4.69) is 40.8 Å². The molecule has 0 radical (unpaired) electrons. The van der Waals surface area contributed by atoms with Gasteiger partial charge in [-0.2, -0.15) is 18.3 Å². The standard InChI is InChI=1S/C15H24F3N5O/c1-9(2)23-8-10-4-5-11(6-12(10)22-23)21-14(19-3)20-7-13(24)15(16,17)18/h8-9,11,13,24H,4-7H2,1-3H3,(H2,19,20,21). The summed E-state index contributed by atoms with van der Waals surface area (Å²) < 4.78 is 38.9. The molecule has 0 spiro atoms. The van der Waals surface area contributed by atoms with Crippen LogP contribution in [-0.2, 0) is 12.8 Å². The minimum Gasteiger partial charge on any atom is -0.382 e. The quantitative estimate of drug-likeness (QED) is 0.569. The summed E-state index contributed by atoms with van der Waals surface area (Å²) in [5, 5.41) is 19.2. The van der Waals surface area contributed by atoms with Gasteiger partial charge < -0.3 is 15.7 Å². The van der Waals surface area contributed by atoms with Gasteiger partial charge in [-0.15, -0.1) is 0 Å². The molecule has 1 aromatic rings. The van der Waals surface area contributed by atoms with Crippen LogP contribution in [0.25, 0.3) is 0 Å². The van der Waals surface area contributed by atoms with Gasteiger partial charge >= 0.3 is 6.18 Å². The van der Waals surface area contributed by atoms with Gasteiger partial charge in [-0.1, -0.05) is 0 Å². The van der Waals surface area contributed by atoms with E-state index >= 15 is 0 Å². The average molecular weight is 347 g/mol. The maximum absolute atomic E-state index is 12.3. The van der Waals surface area contributed by atoms with Gasteiger partial charge in [0.15, 0.2) is 12.1 Å². The van der Waals surface area contributed by atoms with Crippen molar-refractivity contribution in [3.63, 3.8) is 0 Å². The lowest BCUT2D eigenvalue weighted by Crippen LogP contribution is -2.49. The molecule has 0 saturated heterocycles. The molecule has 24 heavy (non-hydrogen) atoms. The maximum atomic E-state index is 12.3. The van der Waals surface area contributed by atoms with Gasteiger partial charge in [-0.25, -0.2) is 0 Å². The van der Waals surface area contributed by atoms with Crippen LogP contribution in [-0.4, -0.2) is 52.8 Å². The third kappa shape index (κ3) is 4.62. The van der Waals surface area contributed by atoms with Crippen molar-refractivity contribution in [2.24, 2.45) is 4.99 Å². The molecule has 1 aliphatic carbocycles. The molecule has 0 aliphatic heterocycles. The zero-order valence-electron chi connectivity index (χ0n) is 14.1. The number of fused-ring (bicyclic) bond motifs is 1. The fraction of sp³-hybridized carbons (Fsp3) is 0.733. The van der Waals surface area contributed by atoms with Crippen molar-refractivity contribution in [2.75, 3.05) is 13.6 Å². The molecule has 0 bridgehead atoms. The van der Waals surface area contributed by atoms with E-state index in [1.54, 1.807) is 0 Å². The Bertz CT molecular complexity index is 582.